The van der Waals surface area contributed by atoms with Crippen molar-refractivity contribution in [1.29, 1.82) is 0 Å². The van der Waals surface area contributed by atoms with Crippen LogP contribution in [-0.2, 0) is 4.43 Å². The van der Waals surface area contributed by atoms with Gasteiger partial charge in [-0.3, -0.25) is 0 Å². The van der Waals surface area contributed by atoms with Gasteiger partial charge in [0.25, 0.3) is 0 Å². The number of allylic oxidation sites excluding steroid dienone is 1. The molecule has 0 aromatic carbocycles. The first-order valence-electron chi connectivity index (χ1n) is 7.20. The van der Waals surface area contributed by atoms with E-state index in [0.717, 1.165) is 19.3 Å². The van der Waals surface area contributed by atoms with Crippen LogP contribution < -0.4 is 0 Å². The molecule has 0 aliphatic carbocycles. The van der Waals surface area contributed by atoms with Crippen molar-refractivity contribution in [3.05, 3.63) is 12.2 Å². The minimum atomic E-state index is -1.80. The standard InChI is InChI=1S/C15H31ClO2Si/c1-13(18-19(5,6)15(2,3)4)14(17)11-9-7-8-10-12-16/h9,11,13-14,17H,7-8,10,12H2,1-6H3/b11-9+/t13-,14-/m0/s1. The number of hydrogen-bond donors (Lipinski definition) is 1. The Morgan fingerprint density at radius 2 is 1.84 bits per heavy atom. The zero-order valence-electron chi connectivity index (χ0n) is 13.4. The quantitative estimate of drug-likeness (QED) is 0.304. The van der Waals surface area contributed by atoms with E-state index in [1.54, 1.807) is 0 Å². The monoisotopic (exact) mass is 306 g/mol. The number of aliphatic hydroxyl groups excluding tert-OH is 1. The number of aliphatic hydroxyl groups is 1. The molecule has 19 heavy (non-hydrogen) atoms. The van der Waals surface area contributed by atoms with Crippen LogP contribution in [0.2, 0.25) is 18.1 Å². The highest BCUT2D eigenvalue weighted by atomic mass is 35.5. The highest BCUT2D eigenvalue weighted by molar-refractivity contribution is 6.74. The van der Waals surface area contributed by atoms with E-state index in [4.69, 9.17) is 16.0 Å². The van der Waals surface area contributed by atoms with E-state index in [1.807, 2.05) is 19.1 Å². The van der Waals surface area contributed by atoms with Gasteiger partial charge in [0.05, 0.1) is 12.2 Å². The molecular weight excluding hydrogens is 276 g/mol. The van der Waals surface area contributed by atoms with Gasteiger partial charge in [-0.05, 0) is 44.3 Å². The lowest BCUT2D eigenvalue weighted by molar-refractivity contribution is 0.0691. The van der Waals surface area contributed by atoms with Crippen molar-refractivity contribution in [3.8, 4) is 0 Å². The molecule has 0 spiro atoms. The molecule has 0 saturated carbocycles. The molecular formula is C15H31ClO2Si. The molecule has 4 heteroatoms. The fourth-order valence-corrected chi connectivity index (χ4v) is 3.07. The Morgan fingerprint density at radius 1 is 1.26 bits per heavy atom. The van der Waals surface area contributed by atoms with Crippen LogP contribution in [0.25, 0.3) is 0 Å². The third-order valence-corrected chi connectivity index (χ3v) is 8.70. The lowest BCUT2D eigenvalue weighted by Gasteiger charge is -2.39. The number of unbranched alkanes of at least 4 members (excludes halogenated alkanes) is 2. The maximum absolute atomic E-state index is 10.1. The molecule has 0 bridgehead atoms. The van der Waals surface area contributed by atoms with Crippen molar-refractivity contribution in [2.24, 2.45) is 0 Å². The van der Waals surface area contributed by atoms with E-state index in [-0.39, 0.29) is 11.1 Å². The van der Waals surface area contributed by atoms with Gasteiger partial charge >= 0.3 is 0 Å². The second-order valence-corrected chi connectivity index (χ2v) is 11.8. The number of alkyl halides is 1. The van der Waals surface area contributed by atoms with Gasteiger partial charge in [-0.1, -0.05) is 32.9 Å². The summed E-state index contributed by atoms with van der Waals surface area (Å²) in [5, 5.41) is 10.3. The molecule has 1 N–H and O–H groups in total. The van der Waals surface area contributed by atoms with Gasteiger partial charge in [0.1, 0.15) is 0 Å². The smallest absolute Gasteiger partial charge is 0.192 e. The fraction of sp³-hybridized carbons (Fsp3) is 0.867. The zero-order valence-corrected chi connectivity index (χ0v) is 15.1. The Kier molecular flexibility index (Phi) is 8.53. The minimum Gasteiger partial charge on any atom is -0.411 e. The Bertz CT molecular complexity index is 272. The molecule has 0 unspecified atom stereocenters. The van der Waals surface area contributed by atoms with E-state index in [9.17, 15) is 5.11 Å². The van der Waals surface area contributed by atoms with Crippen LogP contribution in [0.4, 0.5) is 0 Å². The normalized spacial score (nSPS) is 16.8. The van der Waals surface area contributed by atoms with Gasteiger partial charge in [0.15, 0.2) is 8.32 Å². The summed E-state index contributed by atoms with van der Waals surface area (Å²) in [5.41, 5.74) is 0. The largest absolute Gasteiger partial charge is 0.411 e. The number of halogens is 1. The Labute approximate surface area is 125 Å². The average Bonchev–Trinajstić information content (AvgIpc) is 2.26. The van der Waals surface area contributed by atoms with E-state index in [0.29, 0.717) is 5.88 Å². The predicted molar refractivity (Wildman–Crippen MR) is 87.5 cm³/mol. The Morgan fingerprint density at radius 3 is 2.32 bits per heavy atom. The summed E-state index contributed by atoms with van der Waals surface area (Å²) in [5.74, 6) is 0.710. The van der Waals surface area contributed by atoms with Crippen molar-refractivity contribution in [2.45, 2.75) is 77.3 Å². The summed E-state index contributed by atoms with van der Waals surface area (Å²) < 4.78 is 6.16. The third kappa shape index (κ3) is 7.50. The van der Waals surface area contributed by atoms with Crippen LogP contribution in [-0.4, -0.2) is 31.5 Å². The number of hydrogen-bond acceptors (Lipinski definition) is 2. The van der Waals surface area contributed by atoms with E-state index >= 15 is 0 Å². The average molecular weight is 307 g/mol. The summed E-state index contributed by atoms with van der Waals surface area (Å²) >= 11 is 5.62. The van der Waals surface area contributed by atoms with Gasteiger partial charge in [-0.25, -0.2) is 0 Å². The summed E-state index contributed by atoms with van der Waals surface area (Å²) in [6, 6.07) is 0. The zero-order chi connectivity index (χ0) is 15.1. The molecule has 114 valence electrons. The van der Waals surface area contributed by atoms with E-state index in [1.165, 1.54) is 0 Å². The second-order valence-electron chi connectivity index (χ2n) is 6.69. The summed E-state index contributed by atoms with van der Waals surface area (Å²) in [6.45, 7) is 13.0. The summed E-state index contributed by atoms with van der Waals surface area (Å²) in [4.78, 5) is 0. The van der Waals surface area contributed by atoms with Crippen molar-refractivity contribution >= 4 is 19.9 Å². The maximum atomic E-state index is 10.1. The molecule has 2 atom stereocenters. The van der Waals surface area contributed by atoms with Crippen molar-refractivity contribution in [3.63, 3.8) is 0 Å². The molecule has 0 aromatic rings. The predicted octanol–water partition coefficient (Wildman–Crippen LogP) is 4.72. The van der Waals surface area contributed by atoms with Crippen LogP contribution in [0.1, 0.15) is 47.0 Å². The number of rotatable bonds is 8. The third-order valence-electron chi connectivity index (χ3n) is 3.86. The molecule has 0 fully saturated rings. The first-order chi connectivity index (χ1) is 8.62. The van der Waals surface area contributed by atoms with Crippen molar-refractivity contribution in [2.75, 3.05) is 5.88 Å². The molecule has 0 rings (SSSR count). The van der Waals surface area contributed by atoms with E-state index in [2.05, 4.69) is 33.9 Å². The first-order valence-corrected chi connectivity index (χ1v) is 10.6. The SMILES string of the molecule is C[C@H](O[Si](C)(C)C(C)(C)C)[C@@H](O)/C=C/CCCCCl. The summed E-state index contributed by atoms with van der Waals surface area (Å²) in [6.07, 6.45) is 6.28. The highest BCUT2D eigenvalue weighted by Crippen LogP contribution is 2.37. The molecule has 0 amide bonds. The Balaban J connectivity index is 4.23. The molecule has 0 aliphatic heterocycles. The van der Waals surface area contributed by atoms with Crippen LogP contribution in [0.3, 0.4) is 0 Å². The molecule has 0 heterocycles. The lowest BCUT2D eigenvalue weighted by atomic mass is 10.2. The maximum Gasteiger partial charge on any atom is 0.192 e. The van der Waals surface area contributed by atoms with Crippen LogP contribution >= 0.6 is 11.6 Å². The minimum absolute atomic E-state index is 0.148. The molecule has 2 nitrogen and oxygen atoms in total. The van der Waals surface area contributed by atoms with Gasteiger partial charge in [0.2, 0.25) is 0 Å². The Hall–Kier alpha value is 0.167. The molecule has 0 radical (unpaired) electrons. The van der Waals surface area contributed by atoms with Gasteiger partial charge in [-0.15, -0.1) is 11.6 Å². The lowest BCUT2D eigenvalue weighted by Crippen LogP contribution is -2.45. The summed E-state index contributed by atoms with van der Waals surface area (Å²) in [7, 11) is -1.80. The highest BCUT2D eigenvalue weighted by Gasteiger charge is 2.39. The molecule has 0 aromatic heterocycles. The van der Waals surface area contributed by atoms with Crippen molar-refractivity contribution in [1.82, 2.24) is 0 Å². The van der Waals surface area contributed by atoms with Gasteiger partial charge in [0, 0.05) is 5.88 Å². The van der Waals surface area contributed by atoms with Crippen LogP contribution in [0.15, 0.2) is 12.2 Å². The second kappa shape index (κ2) is 8.45. The van der Waals surface area contributed by atoms with Gasteiger partial charge < -0.3 is 9.53 Å². The van der Waals surface area contributed by atoms with E-state index < -0.39 is 14.4 Å². The van der Waals surface area contributed by atoms with Crippen molar-refractivity contribution < 1.29 is 9.53 Å². The fourth-order valence-electron chi connectivity index (χ4n) is 1.46. The molecule has 0 aliphatic rings. The van der Waals surface area contributed by atoms with Crippen LogP contribution in [0, 0.1) is 0 Å². The topological polar surface area (TPSA) is 29.5 Å². The van der Waals surface area contributed by atoms with Gasteiger partial charge in [-0.2, -0.15) is 0 Å². The molecule has 0 saturated heterocycles. The first kappa shape index (κ1) is 19.2. The van der Waals surface area contributed by atoms with Crippen LogP contribution in [0.5, 0.6) is 0 Å².